The van der Waals surface area contributed by atoms with Crippen molar-refractivity contribution >= 4 is 0 Å². The first-order valence-electron chi connectivity index (χ1n) is 4.40. The predicted molar refractivity (Wildman–Crippen MR) is 60.7 cm³/mol. The average Bonchev–Trinajstić information content (AvgIpc) is 2.21. The molecule has 0 heterocycles. The number of benzene rings is 2. The van der Waals surface area contributed by atoms with Crippen molar-refractivity contribution in [3.63, 3.8) is 0 Å². The maximum absolute atomic E-state index is 2.17. The van der Waals surface area contributed by atoms with E-state index in [1.165, 1.54) is 11.1 Å². The third kappa shape index (κ3) is 4.46. The first kappa shape index (κ1) is 14.2. The van der Waals surface area contributed by atoms with Gasteiger partial charge < -0.3 is 6.15 Å². The van der Waals surface area contributed by atoms with Gasteiger partial charge in [0.05, 0.1) is 0 Å². The first-order chi connectivity index (χ1) is 6.45. The van der Waals surface area contributed by atoms with E-state index in [9.17, 15) is 0 Å². The maximum Gasteiger partial charge on any atom is 2.00 e. The maximum atomic E-state index is 2.17. The Morgan fingerprint density at radius 2 is 0.933 bits per heavy atom. The van der Waals surface area contributed by atoms with Gasteiger partial charge in [-0.1, -0.05) is 36.4 Å². The van der Waals surface area contributed by atoms with Crippen LogP contribution in [0.4, 0.5) is 0 Å². The molecule has 2 heteroatoms. The van der Waals surface area contributed by atoms with Gasteiger partial charge in [-0.3, -0.25) is 0 Å². The quantitative estimate of drug-likeness (QED) is 0.742. The van der Waals surface area contributed by atoms with E-state index in [2.05, 4.69) is 55.0 Å². The molecule has 0 amide bonds. The van der Waals surface area contributed by atoms with Crippen LogP contribution >= 0.6 is 0 Å². The molecule has 0 bridgehead atoms. The molecule has 0 saturated carbocycles. The predicted octanol–water partition coefficient (Wildman–Crippen LogP) is 4.00. The van der Waals surface area contributed by atoms with Gasteiger partial charge in [0.15, 0.2) is 0 Å². The summed E-state index contributed by atoms with van der Waals surface area (Å²) in [5, 5.41) is 0. The molecular formula is C13H13NZr. The fraction of sp³-hybridized carbons (Fsp3) is 0. The molecule has 0 aliphatic heterocycles. The van der Waals surface area contributed by atoms with Gasteiger partial charge in [0.1, 0.15) is 0 Å². The Kier molecular flexibility index (Phi) is 7.03. The second kappa shape index (κ2) is 7.45. The molecule has 0 aliphatic carbocycles. The summed E-state index contributed by atoms with van der Waals surface area (Å²) in [6, 6.07) is 20.7. The van der Waals surface area contributed by atoms with Crippen LogP contribution in [-0.4, -0.2) is 0 Å². The first-order valence-corrected chi connectivity index (χ1v) is 4.40. The van der Waals surface area contributed by atoms with Crippen LogP contribution < -0.4 is 0 Å². The second-order valence-electron chi connectivity index (χ2n) is 2.97. The fourth-order valence-corrected chi connectivity index (χ4v) is 1.29. The minimum Gasteiger partial charge on any atom is -0.693 e. The third-order valence-electron chi connectivity index (χ3n) is 1.93. The van der Waals surface area contributed by atoms with Crippen LogP contribution in [0.5, 0.6) is 0 Å². The Hall–Kier alpha value is -0.847. The molecule has 0 spiro atoms. The van der Waals surface area contributed by atoms with E-state index in [1.54, 1.807) is 0 Å². The van der Waals surface area contributed by atoms with Gasteiger partial charge in [-0.05, 0) is 0 Å². The summed E-state index contributed by atoms with van der Waals surface area (Å²) < 4.78 is 0. The molecule has 0 aromatic heterocycles. The normalized spacial score (nSPS) is 8.27. The summed E-state index contributed by atoms with van der Waals surface area (Å²) in [6.45, 7) is 0. The van der Waals surface area contributed by atoms with Crippen LogP contribution in [0.3, 0.4) is 0 Å². The number of hydrogen-bond acceptors (Lipinski definition) is 0. The molecule has 0 saturated heterocycles. The number of hydrogen-bond donors (Lipinski definition) is 0. The van der Waals surface area contributed by atoms with Crippen molar-refractivity contribution in [3.8, 4) is 0 Å². The molecule has 0 unspecified atom stereocenters. The van der Waals surface area contributed by atoms with Crippen molar-refractivity contribution in [1.29, 1.82) is 0 Å². The molecule has 74 valence electrons. The van der Waals surface area contributed by atoms with Crippen LogP contribution in [-0.2, 0) is 26.2 Å². The van der Waals surface area contributed by atoms with E-state index >= 15 is 0 Å². The summed E-state index contributed by atoms with van der Waals surface area (Å²) in [5.41, 5.74) is 2.49. The molecule has 2 aromatic rings. The van der Waals surface area contributed by atoms with Crippen molar-refractivity contribution in [3.05, 3.63) is 84.4 Å². The van der Waals surface area contributed by atoms with Crippen molar-refractivity contribution in [2.75, 3.05) is 0 Å². The topological polar surface area (TPSA) is 33.5 Å². The van der Waals surface area contributed by atoms with E-state index in [-0.39, 0.29) is 32.4 Å². The second-order valence-corrected chi connectivity index (χ2v) is 2.97. The summed E-state index contributed by atoms with van der Waals surface area (Å²) in [7, 11) is 0. The van der Waals surface area contributed by atoms with Gasteiger partial charge in [-0.25, -0.2) is 0 Å². The van der Waals surface area contributed by atoms with Crippen LogP contribution in [0.15, 0.2) is 60.7 Å². The SMILES string of the molecule is [NH2-].[Zr+2].c1ccc([CH-]c2ccccc2)cc1. The van der Waals surface area contributed by atoms with Crippen molar-refractivity contribution in [2.24, 2.45) is 0 Å². The smallest absolute Gasteiger partial charge is 0.693 e. The standard InChI is InChI=1S/C13H11.H2N.Zr/c1-3-7-12(8-4-1)11-13-9-5-2-6-10-13;;/h1-11H;1H2;/q2*-1;+2. The summed E-state index contributed by atoms with van der Waals surface area (Å²) in [6.07, 6.45) is 2.17. The minimum absolute atomic E-state index is 0. The third-order valence-corrected chi connectivity index (χ3v) is 1.93. The molecule has 2 rings (SSSR count). The number of nitrogens with two attached hydrogens (primary N) is 1. The average molecular weight is 274 g/mol. The Morgan fingerprint density at radius 3 is 1.27 bits per heavy atom. The van der Waals surface area contributed by atoms with Crippen LogP contribution in [0.25, 0.3) is 6.15 Å². The molecule has 2 N–H and O–H groups in total. The Balaban J connectivity index is 0.000000980. The van der Waals surface area contributed by atoms with Gasteiger partial charge >= 0.3 is 26.2 Å². The van der Waals surface area contributed by atoms with Gasteiger partial charge in [0.2, 0.25) is 0 Å². The monoisotopic (exact) mass is 273 g/mol. The van der Waals surface area contributed by atoms with Gasteiger partial charge in [0, 0.05) is 0 Å². The van der Waals surface area contributed by atoms with Crippen LogP contribution in [0, 0.1) is 6.42 Å². The summed E-state index contributed by atoms with van der Waals surface area (Å²) in [5.74, 6) is 0. The zero-order valence-corrected chi connectivity index (χ0v) is 10.9. The zero-order valence-electron chi connectivity index (χ0n) is 8.43. The zero-order chi connectivity index (χ0) is 8.93. The van der Waals surface area contributed by atoms with Crippen molar-refractivity contribution < 1.29 is 26.2 Å². The van der Waals surface area contributed by atoms with Gasteiger partial charge in [-0.15, -0.1) is 41.8 Å². The van der Waals surface area contributed by atoms with Crippen molar-refractivity contribution in [2.45, 2.75) is 0 Å². The summed E-state index contributed by atoms with van der Waals surface area (Å²) >= 11 is 0. The van der Waals surface area contributed by atoms with E-state index in [0.29, 0.717) is 0 Å². The molecule has 0 fully saturated rings. The van der Waals surface area contributed by atoms with Crippen molar-refractivity contribution in [1.82, 2.24) is 0 Å². The molecule has 2 aromatic carbocycles. The Labute approximate surface area is 110 Å². The number of rotatable bonds is 2. The van der Waals surface area contributed by atoms with Gasteiger partial charge in [0.25, 0.3) is 0 Å². The largest absolute Gasteiger partial charge is 2.00 e. The van der Waals surface area contributed by atoms with E-state index < -0.39 is 0 Å². The minimum atomic E-state index is 0. The van der Waals surface area contributed by atoms with Gasteiger partial charge in [-0.2, -0.15) is 0 Å². The fourth-order valence-electron chi connectivity index (χ4n) is 1.29. The van der Waals surface area contributed by atoms with Crippen LogP contribution in [0.2, 0.25) is 0 Å². The summed E-state index contributed by atoms with van der Waals surface area (Å²) in [4.78, 5) is 0. The molecule has 15 heavy (non-hydrogen) atoms. The van der Waals surface area contributed by atoms with E-state index in [0.717, 1.165) is 0 Å². The molecule has 1 nitrogen and oxygen atoms in total. The molecule has 0 radical (unpaired) electrons. The Bertz CT molecular complexity index is 321. The van der Waals surface area contributed by atoms with E-state index in [4.69, 9.17) is 0 Å². The molecular weight excluding hydrogens is 261 g/mol. The van der Waals surface area contributed by atoms with E-state index in [1.807, 2.05) is 12.1 Å². The van der Waals surface area contributed by atoms with Crippen LogP contribution in [0.1, 0.15) is 11.1 Å². The molecule has 0 atom stereocenters. The molecule has 0 aliphatic rings. The Morgan fingerprint density at radius 1 is 0.600 bits per heavy atom.